The Morgan fingerprint density at radius 1 is 1.32 bits per heavy atom. The molecule has 1 aliphatic heterocycles. The second-order valence-corrected chi connectivity index (χ2v) is 5.54. The van der Waals surface area contributed by atoms with E-state index in [2.05, 4.69) is 20.3 Å². The van der Waals surface area contributed by atoms with Gasteiger partial charge in [-0.2, -0.15) is 0 Å². The number of carbonyl (C=O) groups excluding carboxylic acids is 1. The van der Waals surface area contributed by atoms with Gasteiger partial charge in [-0.25, -0.2) is 9.97 Å². The van der Waals surface area contributed by atoms with E-state index in [0.29, 0.717) is 35.1 Å². The van der Waals surface area contributed by atoms with Crippen molar-refractivity contribution in [2.45, 2.75) is 6.04 Å². The van der Waals surface area contributed by atoms with Gasteiger partial charge >= 0.3 is 0 Å². The first kappa shape index (κ1) is 15.1. The van der Waals surface area contributed by atoms with Crippen LogP contribution in [0.25, 0.3) is 11.0 Å². The topological polar surface area (TPSA) is 112 Å². The monoisotopic (exact) mass is 337 g/mol. The van der Waals surface area contributed by atoms with Crippen molar-refractivity contribution >= 4 is 22.6 Å². The van der Waals surface area contributed by atoms with Crippen LogP contribution in [-0.2, 0) is 0 Å². The number of nitrogens with zero attached hydrogens (tertiary/aromatic N) is 3. The first-order valence-electron chi connectivity index (χ1n) is 7.65. The normalized spacial score (nSPS) is 15.8. The van der Waals surface area contributed by atoms with Crippen LogP contribution in [0.15, 0.2) is 36.5 Å². The molecule has 4 rings (SSSR count). The van der Waals surface area contributed by atoms with Crippen LogP contribution in [0.4, 0.5) is 5.69 Å². The summed E-state index contributed by atoms with van der Waals surface area (Å²) >= 11 is 0. The minimum atomic E-state index is -0.569. The SMILES string of the molecule is COc1ccc2ncc3c(c2n1)NC(c1cccc(C(N)=O)n1)CO3. The van der Waals surface area contributed by atoms with Gasteiger partial charge in [-0.3, -0.25) is 9.78 Å². The molecule has 1 aliphatic rings. The molecule has 126 valence electrons. The highest BCUT2D eigenvalue weighted by molar-refractivity contribution is 5.92. The van der Waals surface area contributed by atoms with Crippen molar-refractivity contribution in [3.8, 4) is 11.6 Å². The van der Waals surface area contributed by atoms with E-state index in [0.717, 1.165) is 5.52 Å². The van der Waals surface area contributed by atoms with E-state index in [9.17, 15) is 4.79 Å². The van der Waals surface area contributed by atoms with Gasteiger partial charge in [-0.1, -0.05) is 6.07 Å². The molecule has 0 aromatic carbocycles. The molecule has 0 saturated carbocycles. The molecule has 4 heterocycles. The highest BCUT2D eigenvalue weighted by atomic mass is 16.5. The summed E-state index contributed by atoms with van der Waals surface area (Å²) in [7, 11) is 1.56. The third-order valence-electron chi connectivity index (χ3n) is 3.97. The molecule has 8 nitrogen and oxygen atoms in total. The number of hydrogen-bond donors (Lipinski definition) is 2. The fraction of sp³-hybridized carbons (Fsp3) is 0.176. The van der Waals surface area contributed by atoms with Crippen molar-refractivity contribution in [2.24, 2.45) is 5.73 Å². The third-order valence-corrected chi connectivity index (χ3v) is 3.97. The van der Waals surface area contributed by atoms with Crippen molar-refractivity contribution in [1.82, 2.24) is 15.0 Å². The van der Waals surface area contributed by atoms with Crippen LogP contribution in [0, 0.1) is 0 Å². The van der Waals surface area contributed by atoms with E-state index in [-0.39, 0.29) is 11.7 Å². The Bertz CT molecular complexity index is 970. The van der Waals surface area contributed by atoms with Crippen LogP contribution < -0.4 is 20.5 Å². The molecule has 25 heavy (non-hydrogen) atoms. The molecule has 3 aromatic heterocycles. The van der Waals surface area contributed by atoms with Gasteiger partial charge in [0.05, 0.1) is 24.5 Å². The smallest absolute Gasteiger partial charge is 0.267 e. The number of methoxy groups -OCH3 is 1. The zero-order chi connectivity index (χ0) is 17.4. The minimum absolute atomic E-state index is 0.212. The molecule has 0 radical (unpaired) electrons. The first-order valence-corrected chi connectivity index (χ1v) is 7.65. The zero-order valence-corrected chi connectivity index (χ0v) is 13.4. The van der Waals surface area contributed by atoms with Crippen molar-refractivity contribution in [1.29, 1.82) is 0 Å². The van der Waals surface area contributed by atoms with Crippen LogP contribution in [0.3, 0.4) is 0 Å². The van der Waals surface area contributed by atoms with E-state index < -0.39 is 5.91 Å². The van der Waals surface area contributed by atoms with Gasteiger partial charge in [0.15, 0.2) is 5.75 Å². The fourth-order valence-corrected chi connectivity index (χ4v) is 2.73. The number of hydrogen-bond acceptors (Lipinski definition) is 7. The predicted molar refractivity (Wildman–Crippen MR) is 90.7 cm³/mol. The molecule has 1 amide bonds. The number of amides is 1. The van der Waals surface area contributed by atoms with Gasteiger partial charge in [-0.05, 0) is 18.2 Å². The van der Waals surface area contributed by atoms with Gasteiger partial charge in [-0.15, -0.1) is 0 Å². The van der Waals surface area contributed by atoms with Crippen LogP contribution in [0.2, 0.25) is 0 Å². The maximum absolute atomic E-state index is 11.4. The average molecular weight is 337 g/mol. The Morgan fingerprint density at radius 2 is 2.20 bits per heavy atom. The van der Waals surface area contributed by atoms with E-state index in [1.165, 1.54) is 0 Å². The first-order chi connectivity index (χ1) is 12.2. The number of nitrogens with one attached hydrogen (secondary N) is 1. The molecule has 0 aliphatic carbocycles. The summed E-state index contributed by atoms with van der Waals surface area (Å²) in [6.07, 6.45) is 1.66. The standard InChI is InChI=1S/C17H15N5O3/c1-24-14-6-5-10-15(22-14)16-13(7-19-10)25-8-12(21-16)9-3-2-4-11(20-9)17(18)23/h2-7,12,21H,8H2,1H3,(H2,18,23). The molecule has 0 spiro atoms. The molecule has 8 heteroatoms. The lowest BCUT2D eigenvalue weighted by Crippen LogP contribution is -2.26. The third kappa shape index (κ3) is 2.67. The Kier molecular flexibility index (Phi) is 3.57. The lowest BCUT2D eigenvalue weighted by atomic mass is 10.1. The molecule has 1 unspecified atom stereocenters. The minimum Gasteiger partial charge on any atom is -0.487 e. The van der Waals surface area contributed by atoms with Gasteiger partial charge in [0.1, 0.15) is 29.5 Å². The number of anilines is 1. The summed E-state index contributed by atoms with van der Waals surface area (Å²) < 4.78 is 11.0. The number of fused-ring (bicyclic) bond motifs is 3. The average Bonchev–Trinajstić information content (AvgIpc) is 2.67. The van der Waals surface area contributed by atoms with Crippen LogP contribution in [0.5, 0.6) is 11.6 Å². The van der Waals surface area contributed by atoms with Crippen molar-refractivity contribution in [3.05, 3.63) is 47.9 Å². The summed E-state index contributed by atoms with van der Waals surface area (Å²) in [5, 5.41) is 3.38. The second-order valence-electron chi connectivity index (χ2n) is 5.54. The van der Waals surface area contributed by atoms with E-state index in [1.54, 1.807) is 31.5 Å². The molecular formula is C17H15N5O3. The fourth-order valence-electron chi connectivity index (χ4n) is 2.73. The molecule has 1 atom stereocenters. The number of pyridine rings is 3. The van der Waals surface area contributed by atoms with Gasteiger partial charge in [0.25, 0.3) is 5.91 Å². The molecular weight excluding hydrogens is 322 g/mol. The van der Waals surface area contributed by atoms with Gasteiger partial charge in [0.2, 0.25) is 5.88 Å². The summed E-state index contributed by atoms with van der Waals surface area (Å²) in [5.74, 6) is 0.524. The quantitative estimate of drug-likeness (QED) is 0.747. The van der Waals surface area contributed by atoms with Crippen molar-refractivity contribution < 1.29 is 14.3 Å². The number of ether oxygens (including phenoxy) is 2. The Morgan fingerprint density at radius 3 is 3.00 bits per heavy atom. The van der Waals surface area contributed by atoms with Crippen LogP contribution >= 0.6 is 0 Å². The Labute approximate surface area is 143 Å². The number of aromatic nitrogens is 3. The van der Waals surface area contributed by atoms with E-state index in [4.69, 9.17) is 15.2 Å². The second kappa shape index (κ2) is 5.90. The molecule has 0 fully saturated rings. The maximum atomic E-state index is 11.4. The van der Waals surface area contributed by atoms with E-state index >= 15 is 0 Å². The van der Waals surface area contributed by atoms with E-state index in [1.807, 2.05) is 12.1 Å². The molecule has 3 N–H and O–H groups in total. The number of nitrogens with two attached hydrogens (primary N) is 1. The predicted octanol–water partition coefficient (Wildman–Crippen LogP) is 1.68. The van der Waals surface area contributed by atoms with Crippen LogP contribution in [-0.4, -0.2) is 34.6 Å². The van der Waals surface area contributed by atoms with Crippen molar-refractivity contribution in [3.63, 3.8) is 0 Å². The maximum Gasteiger partial charge on any atom is 0.267 e. The van der Waals surface area contributed by atoms with Crippen molar-refractivity contribution in [2.75, 3.05) is 19.0 Å². The lowest BCUT2D eigenvalue weighted by molar-refractivity contribution is 0.0995. The number of carbonyl (C=O) groups is 1. The summed E-state index contributed by atoms with van der Waals surface area (Å²) in [4.78, 5) is 24.5. The highest BCUT2D eigenvalue weighted by Crippen LogP contribution is 2.37. The number of primary amides is 1. The summed E-state index contributed by atoms with van der Waals surface area (Å²) in [6, 6.07) is 8.47. The van der Waals surface area contributed by atoms with Crippen LogP contribution in [0.1, 0.15) is 22.2 Å². The van der Waals surface area contributed by atoms with Gasteiger partial charge in [0, 0.05) is 6.07 Å². The Hall–Kier alpha value is -3.42. The lowest BCUT2D eigenvalue weighted by Gasteiger charge is -2.27. The zero-order valence-electron chi connectivity index (χ0n) is 13.4. The summed E-state index contributed by atoms with van der Waals surface area (Å²) in [6.45, 7) is 0.347. The highest BCUT2D eigenvalue weighted by Gasteiger charge is 2.25. The Balaban J connectivity index is 1.76. The largest absolute Gasteiger partial charge is 0.487 e. The molecule has 3 aromatic rings. The number of rotatable bonds is 3. The molecule has 0 saturated heterocycles. The van der Waals surface area contributed by atoms with Gasteiger partial charge < -0.3 is 20.5 Å². The summed E-state index contributed by atoms with van der Waals surface area (Å²) in [5.41, 5.74) is 8.26. The molecule has 0 bridgehead atoms.